The molecule has 0 aliphatic rings. The fraction of sp³-hybridized carbons (Fsp3) is 0.643. The van der Waals surface area contributed by atoms with Crippen molar-refractivity contribution in [1.82, 2.24) is 9.88 Å². The minimum absolute atomic E-state index is 0.624. The summed E-state index contributed by atoms with van der Waals surface area (Å²) in [6.07, 6.45) is 4.22. The highest BCUT2D eigenvalue weighted by Crippen LogP contribution is 2.20. The Labute approximate surface area is 105 Å². The highest BCUT2D eigenvalue weighted by Gasteiger charge is 2.13. The molecule has 0 radical (unpaired) electrons. The molecule has 0 fully saturated rings. The lowest BCUT2D eigenvalue weighted by Crippen LogP contribution is -2.30. The fourth-order valence-electron chi connectivity index (χ4n) is 2.23. The van der Waals surface area contributed by atoms with Crippen molar-refractivity contribution in [2.75, 3.05) is 12.8 Å². The van der Waals surface area contributed by atoms with Gasteiger partial charge in [0.2, 0.25) is 0 Å². The van der Waals surface area contributed by atoms with Gasteiger partial charge in [-0.2, -0.15) is 0 Å². The van der Waals surface area contributed by atoms with Crippen LogP contribution >= 0.6 is 0 Å². The summed E-state index contributed by atoms with van der Waals surface area (Å²) in [5, 5.41) is 0. The maximum absolute atomic E-state index is 6.04. The van der Waals surface area contributed by atoms with Gasteiger partial charge in [0.15, 0.2) is 0 Å². The molecule has 0 bridgehead atoms. The van der Waals surface area contributed by atoms with Gasteiger partial charge < -0.3 is 5.73 Å². The number of anilines is 1. The van der Waals surface area contributed by atoms with Crippen molar-refractivity contribution in [3.8, 4) is 0 Å². The quantitative estimate of drug-likeness (QED) is 0.853. The van der Waals surface area contributed by atoms with Crippen LogP contribution in [0.3, 0.4) is 0 Å². The standard InChI is InChI=1S/C14H25N3/c1-6-12(7-2)17(5)9-13-11(4)14(15)10(3)8-16-13/h8,12H,6-7,9H2,1-5H3,(H2,15,16). The monoisotopic (exact) mass is 235 g/mol. The maximum Gasteiger partial charge on any atom is 0.0593 e. The third kappa shape index (κ3) is 3.19. The number of hydrogen-bond acceptors (Lipinski definition) is 3. The molecule has 0 aliphatic heterocycles. The van der Waals surface area contributed by atoms with Gasteiger partial charge in [0.05, 0.1) is 5.69 Å². The van der Waals surface area contributed by atoms with Crippen LogP contribution in [0.4, 0.5) is 5.69 Å². The first-order valence-electron chi connectivity index (χ1n) is 6.42. The molecule has 0 saturated carbocycles. The van der Waals surface area contributed by atoms with Crippen LogP contribution in [-0.2, 0) is 6.54 Å². The van der Waals surface area contributed by atoms with Gasteiger partial charge in [-0.05, 0) is 44.9 Å². The van der Waals surface area contributed by atoms with Gasteiger partial charge in [0.1, 0.15) is 0 Å². The van der Waals surface area contributed by atoms with Crippen LogP contribution in [0.5, 0.6) is 0 Å². The van der Waals surface area contributed by atoms with E-state index in [9.17, 15) is 0 Å². The minimum atomic E-state index is 0.624. The lowest BCUT2D eigenvalue weighted by atomic mass is 10.1. The summed E-state index contributed by atoms with van der Waals surface area (Å²) in [5.74, 6) is 0. The van der Waals surface area contributed by atoms with Gasteiger partial charge in [-0.3, -0.25) is 9.88 Å². The third-order valence-electron chi connectivity index (χ3n) is 3.64. The molecule has 0 aromatic carbocycles. The lowest BCUT2D eigenvalue weighted by Gasteiger charge is -2.26. The van der Waals surface area contributed by atoms with Crippen LogP contribution in [0.25, 0.3) is 0 Å². The molecule has 2 N–H and O–H groups in total. The molecule has 0 spiro atoms. The Morgan fingerprint density at radius 1 is 1.29 bits per heavy atom. The maximum atomic E-state index is 6.04. The zero-order valence-electron chi connectivity index (χ0n) is 11.7. The largest absolute Gasteiger partial charge is 0.398 e. The lowest BCUT2D eigenvalue weighted by molar-refractivity contribution is 0.219. The first kappa shape index (κ1) is 14.0. The molecular formula is C14H25N3. The van der Waals surface area contributed by atoms with E-state index in [4.69, 9.17) is 5.73 Å². The summed E-state index contributed by atoms with van der Waals surface area (Å²) in [6, 6.07) is 0.624. The Hall–Kier alpha value is -1.09. The van der Waals surface area contributed by atoms with Crippen LogP contribution in [0.15, 0.2) is 6.20 Å². The topological polar surface area (TPSA) is 42.2 Å². The number of aryl methyl sites for hydroxylation is 1. The minimum Gasteiger partial charge on any atom is -0.398 e. The molecule has 1 aromatic rings. The first-order valence-corrected chi connectivity index (χ1v) is 6.42. The van der Waals surface area contributed by atoms with E-state index in [1.807, 2.05) is 13.1 Å². The normalized spacial score (nSPS) is 11.5. The van der Waals surface area contributed by atoms with Crippen molar-refractivity contribution >= 4 is 5.69 Å². The number of nitrogen functional groups attached to an aromatic ring is 1. The Kier molecular flexibility index (Phi) is 4.94. The number of pyridine rings is 1. The fourth-order valence-corrected chi connectivity index (χ4v) is 2.23. The predicted molar refractivity (Wildman–Crippen MR) is 74.0 cm³/mol. The average Bonchev–Trinajstić information content (AvgIpc) is 2.31. The molecule has 17 heavy (non-hydrogen) atoms. The molecule has 0 atom stereocenters. The number of aromatic nitrogens is 1. The Morgan fingerprint density at radius 2 is 1.88 bits per heavy atom. The third-order valence-corrected chi connectivity index (χ3v) is 3.64. The second-order valence-electron chi connectivity index (χ2n) is 4.81. The SMILES string of the molecule is CCC(CC)N(C)Cc1ncc(C)c(N)c1C. The molecule has 1 rings (SSSR count). The number of nitrogens with zero attached hydrogens (tertiary/aromatic N) is 2. The van der Waals surface area contributed by atoms with E-state index in [1.54, 1.807) is 0 Å². The molecule has 3 heteroatoms. The van der Waals surface area contributed by atoms with Crippen molar-refractivity contribution in [2.45, 2.75) is 53.1 Å². The summed E-state index contributed by atoms with van der Waals surface area (Å²) < 4.78 is 0. The Bertz CT molecular complexity index is 370. The predicted octanol–water partition coefficient (Wildman–Crippen LogP) is 2.90. The van der Waals surface area contributed by atoms with E-state index in [-0.39, 0.29) is 0 Å². The van der Waals surface area contributed by atoms with E-state index >= 15 is 0 Å². The van der Waals surface area contributed by atoms with E-state index in [2.05, 4.69) is 37.7 Å². The molecule has 0 amide bonds. The molecule has 96 valence electrons. The van der Waals surface area contributed by atoms with Crippen molar-refractivity contribution in [2.24, 2.45) is 0 Å². The number of rotatable bonds is 5. The van der Waals surface area contributed by atoms with Crippen molar-refractivity contribution in [3.63, 3.8) is 0 Å². The second kappa shape index (κ2) is 6.01. The van der Waals surface area contributed by atoms with Gasteiger partial charge in [0.25, 0.3) is 0 Å². The van der Waals surface area contributed by atoms with Crippen molar-refractivity contribution < 1.29 is 0 Å². The first-order chi connectivity index (χ1) is 8.01. The Balaban J connectivity index is 2.85. The molecule has 1 aromatic heterocycles. The van der Waals surface area contributed by atoms with Crippen LogP contribution in [0.1, 0.15) is 43.5 Å². The van der Waals surface area contributed by atoms with E-state index in [0.29, 0.717) is 6.04 Å². The van der Waals surface area contributed by atoms with E-state index in [1.165, 1.54) is 12.8 Å². The molecule has 3 nitrogen and oxygen atoms in total. The van der Waals surface area contributed by atoms with Crippen LogP contribution in [0, 0.1) is 13.8 Å². The zero-order valence-corrected chi connectivity index (χ0v) is 11.7. The summed E-state index contributed by atoms with van der Waals surface area (Å²) in [7, 11) is 2.16. The van der Waals surface area contributed by atoms with Crippen LogP contribution < -0.4 is 5.73 Å². The highest BCUT2D eigenvalue weighted by atomic mass is 15.1. The highest BCUT2D eigenvalue weighted by molar-refractivity contribution is 5.53. The molecule has 1 heterocycles. The van der Waals surface area contributed by atoms with Gasteiger partial charge in [-0.25, -0.2) is 0 Å². The summed E-state index contributed by atoms with van der Waals surface area (Å²) in [4.78, 5) is 6.87. The molecule has 0 saturated heterocycles. The summed E-state index contributed by atoms with van der Waals surface area (Å²) in [6.45, 7) is 9.40. The van der Waals surface area contributed by atoms with Crippen LogP contribution in [0.2, 0.25) is 0 Å². The second-order valence-corrected chi connectivity index (χ2v) is 4.81. The number of nitrogens with two attached hydrogens (primary N) is 1. The summed E-state index contributed by atoms with van der Waals surface area (Å²) >= 11 is 0. The van der Waals surface area contributed by atoms with Gasteiger partial charge in [-0.1, -0.05) is 13.8 Å². The molecule has 0 aliphatic carbocycles. The average molecular weight is 235 g/mol. The zero-order chi connectivity index (χ0) is 13.0. The van der Waals surface area contributed by atoms with Crippen molar-refractivity contribution in [1.29, 1.82) is 0 Å². The summed E-state index contributed by atoms with van der Waals surface area (Å²) in [5.41, 5.74) is 10.2. The van der Waals surface area contributed by atoms with Gasteiger partial charge >= 0.3 is 0 Å². The van der Waals surface area contributed by atoms with E-state index in [0.717, 1.165) is 29.1 Å². The van der Waals surface area contributed by atoms with Gasteiger partial charge in [-0.15, -0.1) is 0 Å². The van der Waals surface area contributed by atoms with Gasteiger partial charge in [0, 0.05) is 24.5 Å². The van der Waals surface area contributed by atoms with Crippen molar-refractivity contribution in [3.05, 3.63) is 23.0 Å². The Morgan fingerprint density at radius 3 is 2.41 bits per heavy atom. The molecular weight excluding hydrogens is 210 g/mol. The van der Waals surface area contributed by atoms with E-state index < -0.39 is 0 Å². The smallest absolute Gasteiger partial charge is 0.0593 e. The van der Waals surface area contributed by atoms with Crippen LogP contribution in [-0.4, -0.2) is 23.0 Å². The molecule has 0 unspecified atom stereocenters. The number of hydrogen-bond donors (Lipinski definition) is 1.